The summed E-state index contributed by atoms with van der Waals surface area (Å²) in [5.74, 6) is 0.418. The SMILES string of the molecule is CCCCCCc1c(CCCC)ccc(O)c1-c1ccccc1. The topological polar surface area (TPSA) is 20.2 Å². The van der Waals surface area contributed by atoms with Gasteiger partial charge in [-0.2, -0.15) is 0 Å². The number of phenols is 1. The van der Waals surface area contributed by atoms with E-state index in [4.69, 9.17) is 0 Å². The fourth-order valence-corrected chi connectivity index (χ4v) is 3.22. The highest BCUT2D eigenvalue weighted by atomic mass is 16.3. The molecule has 0 spiro atoms. The van der Waals surface area contributed by atoms with Crippen LogP contribution >= 0.6 is 0 Å². The molecule has 1 nitrogen and oxygen atoms in total. The van der Waals surface area contributed by atoms with Gasteiger partial charge in [0.25, 0.3) is 0 Å². The second-order valence-electron chi connectivity index (χ2n) is 6.38. The van der Waals surface area contributed by atoms with Gasteiger partial charge in [0.1, 0.15) is 5.75 Å². The molecule has 0 fully saturated rings. The Kier molecular flexibility index (Phi) is 7.19. The van der Waals surface area contributed by atoms with Crippen molar-refractivity contribution >= 4 is 0 Å². The van der Waals surface area contributed by atoms with Gasteiger partial charge in [-0.25, -0.2) is 0 Å². The molecule has 0 atom stereocenters. The lowest BCUT2D eigenvalue weighted by Gasteiger charge is -2.17. The first-order chi connectivity index (χ1) is 11.3. The first kappa shape index (κ1) is 17.6. The van der Waals surface area contributed by atoms with Crippen molar-refractivity contribution in [2.45, 2.75) is 65.2 Å². The van der Waals surface area contributed by atoms with Gasteiger partial charge < -0.3 is 5.11 Å². The number of rotatable bonds is 9. The molecule has 0 saturated heterocycles. The average molecular weight is 310 g/mol. The largest absolute Gasteiger partial charge is 0.507 e. The Morgan fingerprint density at radius 2 is 1.48 bits per heavy atom. The lowest BCUT2D eigenvalue weighted by molar-refractivity contribution is 0.476. The van der Waals surface area contributed by atoms with Crippen molar-refractivity contribution in [2.24, 2.45) is 0 Å². The maximum atomic E-state index is 10.5. The molecule has 1 N–H and O–H groups in total. The summed E-state index contributed by atoms with van der Waals surface area (Å²) in [4.78, 5) is 0. The Morgan fingerprint density at radius 1 is 0.739 bits per heavy atom. The summed E-state index contributed by atoms with van der Waals surface area (Å²) in [7, 11) is 0. The van der Waals surface area contributed by atoms with Crippen LogP contribution in [0.15, 0.2) is 42.5 Å². The normalized spacial score (nSPS) is 10.9. The number of aromatic hydroxyl groups is 1. The Hall–Kier alpha value is -1.76. The highest BCUT2D eigenvalue weighted by Gasteiger charge is 2.14. The van der Waals surface area contributed by atoms with Crippen molar-refractivity contribution in [3.63, 3.8) is 0 Å². The van der Waals surface area contributed by atoms with Crippen molar-refractivity contribution < 1.29 is 5.11 Å². The monoisotopic (exact) mass is 310 g/mol. The highest BCUT2D eigenvalue weighted by Crippen LogP contribution is 2.36. The maximum Gasteiger partial charge on any atom is 0.123 e. The van der Waals surface area contributed by atoms with Gasteiger partial charge in [0.15, 0.2) is 0 Å². The Labute approximate surface area is 141 Å². The minimum Gasteiger partial charge on any atom is -0.507 e. The van der Waals surface area contributed by atoms with Crippen molar-refractivity contribution in [3.8, 4) is 16.9 Å². The zero-order valence-corrected chi connectivity index (χ0v) is 14.6. The molecule has 0 saturated carbocycles. The number of aryl methyl sites for hydroxylation is 1. The van der Waals surface area contributed by atoms with Crippen LogP contribution in [0.1, 0.15) is 63.5 Å². The summed E-state index contributed by atoms with van der Waals surface area (Å²) in [6.45, 7) is 4.48. The van der Waals surface area contributed by atoms with E-state index in [1.54, 1.807) is 0 Å². The van der Waals surface area contributed by atoms with E-state index in [9.17, 15) is 5.11 Å². The van der Waals surface area contributed by atoms with E-state index >= 15 is 0 Å². The fraction of sp³-hybridized carbons (Fsp3) is 0.455. The molecule has 2 rings (SSSR count). The van der Waals surface area contributed by atoms with E-state index < -0.39 is 0 Å². The molecule has 0 aliphatic carbocycles. The van der Waals surface area contributed by atoms with E-state index in [-0.39, 0.29) is 0 Å². The smallest absolute Gasteiger partial charge is 0.123 e. The van der Waals surface area contributed by atoms with Gasteiger partial charge in [-0.05, 0) is 48.4 Å². The van der Waals surface area contributed by atoms with Gasteiger partial charge in [-0.15, -0.1) is 0 Å². The molecule has 1 heteroatoms. The molecule has 0 heterocycles. The molecule has 0 aromatic heterocycles. The van der Waals surface area contributed by atoms with Crippen LogP contribution in [0.4, 0.5) is 0 Å². The van der Waals surface area contributed by atoms with Gasteiger partial charge in [0.2, 0.25) is 0 Å². The fourth-order valence-electron chi connectivity index (χ4n) is 3.22. The molecule has 0 aliphatic rings. The standard InChI is InChI=1S/C22H30O/c1-3-5-7-11-15-20-18(12-6-4-2)16-17-21(23)22(20)19-13-9-8-10-14-19/h8-10,13-14,16-17,23H,3-7,11-12,15H2,1-2H3. The van der Waals surface area contributed by atoms with Gasteiger partial charge in [0.05, 0.1) is 0 Å². The zero-order chi connectivity index (χ0) is 16.5. The van der Waals surface area contributed by atoms with Crippen LogP contribution in [0, 0.1) is 0 Å². The third-order valence-electron chi connectivity index (χ3n) is 4.53. The highest BCUT2D eigenvalue weighted by molar-refractivity contribution is 5.75. The number of hydrogen-bond acceptors (Lipinski definition) is 1. The minimum absolute atomic E-state index is 0.418. The second kappa shape index (κ2) is 9.39. The molecular weight excluding hydrogens is 280 g/mol. The lowest BCUT2D eigenvalue weighted by Crippen LogP contribution is -1.99. The predicted molar refractivity (Wildman–Crippen MR) is 100 cm³/mol. The Morgan fingerprint density at radius 3 is 2.17 bits per heavy atom. The number of benzene rings is 2. The Bertz CT molecular complexity index is 586. The molecule has 0 bridgehead atoms. The van der Waals surface area contributed by atoms with E-state index in [1.165, 1.54) is 49.7 Å². The van der Waals surface area contributed by atoms with E-state index in [2.05, 4.69) is 32.0 Å². The third kappa shape index (κ3) is 4.86. The van der Waals surface area contributed by atoms with Crippen LogP contribution < -0.4 is 0 Å². The van der Waals surface area contributed by atoms with Crippen molar-refractivity contribution in [1.29, 1.82) is 0 Å². The summed E-state index contributed by atoms with van der Waals surface area (Å²) in [5.41, 5.74) is 4.96. The van der Waals surface area contributed by atoms with E-state index in [0.717, 1.165) is 24.0 Å². The molecule has 0 unspecified atom stereocenters. The summed E-state index contributed by atoms with van der Waals surface area (Å²) < 4.78 is 0. The van der Waals surface area contributed by atoms with Gasteiger partial charge in [-0.1, -0.05) is 75.9 Å². The first-order valence-electron chi connectivity index (χ1n) is 9.17. The summed E-state index contributed by atoms with van der Waals surface area (Å²) in [6, 6.07) is 14.4. The van der Waals surface area contributed by atoms with Crippen molar-refractivity contribution in [1.82, 2.24) is 0 Å². The average Bonchev–Trinajstić information content (AvgIpc) is 2.58. The molecular formula is C22H30O. The zero-order valence-electron chi connectivity index (χ0n) is 14.6. The molecule has 0 amide bonds. The number of hydrogen-bond donors (Lipinski definition) is 1. The summed E-state index contributed by atoms with van der Waals surface area (Å²) in [6.07, 6.45) is 9.62. The van der Waals surface area contributed by atoms with Crippen LogP contribution in [0.25, 0.3) is 11.1 Å². The van der Waals surface area contributed by atoms with E-state index in [0.29, 0.717) is 5.75 Å². The molecule has 0 radical (unpaired) electrons. The number of phenolic OH excluding ortho intramolecular Hbond substituents is 1. The van der Waals surface area contributed by atoms with Gasteiger partial charge in [-0.3, -0.25) is 0 Å². The van der Waals surface area contributed by atoms with Crippen molar-refractivity contribution in [2.75, 3.05) is 0 Å². The van der Waals surface area contributed by atoms with Crippen LogP contribution in [-0.4, -0.2) is 5.11 Å². The van der Waals surface area contributed by atoms with Crippen LogP contribution in [0.3, 0.4) is 0 Å². The lowest BCUT2D eigenvalue weighted by atomic mass is 9.89. The van der Waals surface area contributed by atoms with Crippen LogP contribution in [-0.2, 0) is 12.8 Å². The van der Waals surface area contributed by atoms with Gasteiger partial charge in [0, 0.05) is 5.56 Å². The maximum absolute atomic E-state index is 10.5. The molecule has 0 aliphatic heterocycles. The third-order valence-corrected chi connectivity index (χ3v) is 4.53. The van der Waals surface area contributed by atoms with Crippen molar-refractivity contribution in [3.05, 3.63) is 53.6 Å². The van der Waals surface area contributed by atoms with Gasteiger partial charge >= 0.3 is 0 Å². The molecule has 2 aromatic carbocycles. The quantitative estimate of drug-likeness (QED) is 0.522. The molecule has 2 aromatic rings. The molecule has 124 valence electrons. The second-order valence-corrected chi connectivity index (χ2v) is 6.38. The van der Waals surface area contributed by atoms with Crippen LogP contribution in [0.2, 0.25) is 0 Å². The minimum atomic E-state index is 0.418. The Balaban J connectivity index is 2.36. The van der Waals surface area contributed by atoms with E-state index in [1.807, 2.05) is 24.3 Å². The first-order valence-corrected chi connectivity index (χ1v) is 9.17. The predicted octanol–water partition coefficient (Wildman–Crippen LogP) is 6.52. The number of unbranched alkanes of at least 4 members (excludes halogenated alkanes) is 4. The summed E-state index contributed by atoms with van der Waals surface area (Å²) in [5, 5.41) is 10.5. The molecule has 23 heavy (non-hydrogen) atoms. The summed E-state index contributed by atoms with van der Waals surface area (Å²) >= 11 is 0. The van der Waals surface area contributed by atoms with Crippen LogP contribution in [0.5, 0.6) is 5.75 Å².